The Balaban J connectivity index is 1.95. The van der Waals surface area contributed by atoms with Crippen LogP contribution in [0.2, 0.25) is 0 Å². The number of rotatable bonds is 4. The Hall–Kier alpha value is -1.99. The first-order valence-electron chi connectivity index (χ1n) is 6.42. The van der Waals surface area contributed by atoms with Crippen molar-refractivity contribution in [3.8, 4) is 0 Å². The zero-order chi connectivity index (χ0) is 14.5. The summed E-state index contributed by atoms with van der Waals surface area (Å²) in [5, 5.41) is 16.6. The van der Waals surface area contributed by atoms with Crippen molar-refractivity contribution in [2.24, 2.45) is 0 Å². The first-order chi connectivity index (χ1) is 9.56. The number of amides is 1. The molecule has 2 rings (SSSR count). The molecule has 0 aromatic heterocycles. The van der Waals surface area contributed by atoms with Crippen LogP contribution in [0.3, 0.4) is 0 Å². The molecule has 20 heavy (non-hydrogen) atoms. The van der Waals surface area contributed by atoms with E-state index < -0.39 is 4.92 Å². The van der Waals surface area contributed by atoms with Crippen LogP contribution in [-0.2, 0) is 9.53 Å². The number of nitrogens with one attached hydrogen (secondary N) is 2. The quantitative estimate of drug-likeness (QED) is 0.638. The van der Waals surface area contributed by atoms with Crippen LogP contribution in [0.15, 0.2) is 18.2 Å². The molecule has 0 aliphatic carbocycles. The van der Waals surface area contributed by atoms with E-state index in [2.05, 4.69) is 10.6 Å². The Kier molecular flexibility index (Phi) is 4.65. The molecule has 0 bridgehead atoms. The summed E-state index contributed by atoms with van der Waals surface area (Å²) in [4.78, 5) is 22.1. The molecule has 1 unspecified atom stereocenters. The number of hydrogen-bond donors (Lipinski definition) is 2. The van der Waals surface area contributed by atoms with Crippen molar-refractivity contribution in [3.63, 3.8) is 0 Å². The first kappa shape index (κ1) is 14.4. The molecular formula is C13H17N3O4. The summed E-state index contributed by atoms with van der Waals surface area (Å²) >= 11 is 0. The van der Waals surface area contributed by atoms with Crippen molar-refractivity contribution in [1.29, 1.82) is 0 Å². The lowest BCUT2D eigenvalue weighted by atomic mass is 10.1. The maximum absolute atomic E-state index is 11.9. The highest BCUT2D eigenvalue weighted by Gasteiger charge is 2.17. The Morgan fingerprint density at radius 2 is 2.40 bits per heavy atom. The largest absolute Gasteiger partial charge is 0.378 e. The van der Waals surface area contributed by atoms with Gasteiger partial charge in [-0.25, -0.2) is 0 Å². The molecule has 1 fully saturated rings. The van der Waals surface area contributed by atoms with Crippen LogP contribution in [0.25, 0.3) is 0 Å². The van der Waals surface area contributed by atoms with E-state index in [1.165, 1.54) is 12.1 Å². The van der Waals surface area contributed by atoms with Gasteiger partial charge in [-0.05, 0) is 18.6 Å². The monoisotopic (exact) mass is 279 g/mol. The van der Waals surface area contributed by atoms with E-state index >= 15 is 0 Å². The maximum Gasteiger partial charge on any atom is 0.269 e. The molecule has 7 nitrogen and oxygen atoms in total. The predicted octanol–water partition coefficient (Wildman–Crippen LogP) is 1.22. The van der Waals surface area contributed by atoms with Crippen molar-refractivity contribution in [1.82, 2.24) is 5.32 Å². The van der Waals surface area contributed by atoms with Gasteiger partial charge in [0.2, 0.25) is 5.91 Å². The molecule has 108 valence electrons. The highest BCUT2D eigenvalue weighted by atomic mass is 16.6. The van der Waals surface area contributed by atoms with Crippen molar-refractivity contribution in [3.05, 3.63) is 33.9 Å². The van der Waals surface area contributed by atoms with E-state index in [9.17, 15) is 14.9 Å². The fraction of sp³-hybridized carbons (Fsp3) is 0.462. The van der Waals surface area contributed by atoms with Crippen LogP contribution in [0.5, 0.6) is 0 Å². The molecule has 1 aliphatic heterocycles. The molecule has 1 aromatic carbocycles. The third kappa shape index (κ3) is 3.75. The van der Waals surface area contributed by atoms with E-state index in [0.717, 1.165) is 6.54 Å². The third-order valence-corrected chi connectivity index (χ3v) is 3.13. The van der Waals surface area contributed by atoms with Gasteiger partial charge in [0.1, 0.15) is 0 Å². The zero-order valence-electron chi connectivity index (χ0n) is 11.2. The third-order valence-electron chi connectivity index (χ3n) is 3.13. The Labute approximate surface area is 116 Å². The van der Waals surface area contributed by atoms with Gasteiger partial charge in [0.05, 0.1) is 18.1 Å². The standard InChI is InChI=1S/C13H17N3O4/c1-9-6-11(16(18)19)2-3-12(9)15-13(17)7-10-8-20-5-4-14-10/h2-3,6,10,14H,4-5,7-8H2,1H3,(H,15,17). The lowest BCUT2D eigenvalue weighted by molar-refractivity contribution is -0.384. The van der Waals surface area contributed by atoms with Gasteiger partial charge in [-0.2, -0.15) is 0 Å². The van der Waals surface area contributed by atoms with Gasteiger partial charge in [0, 0.05) is 36.8 Å². The molecule has 0 saturated carbocycles. The SMILES string of the molecule is Cc1cc([N+](=O)[O-])ccc1NC(=O)CC1COCCN1. The normalized spacial score (nSPS) is 18.6. The lowest BCUT2D eigenvalue weighted by Crippen LogP contribution is -2.43. The number of benzene rings is 1. The summed E-state index contributed by atoms with van der Waals surface area (Å²) in [5.41, 5.74) is 1.28. The summed E-state index contributed by atoms with van der Waals surface area (Å²) in [6.45, 7) is 3.66. The van der Waals surface area contributed by atoms with Gasteiger partial charge in [-0.1, -0.05) is 0 Å². The average Bonchev–Trinajstić information content (AvgIpc) is 2.42. The number of anilines is 1. The number of nitrogens with zero attached hydrogens (tertiary/aromatic N) is 1. The summed E-state index contributed by atoms with van der Waals surface area (Å²) in [6, 6.07) is 4.39. The minimum Gasteiger partial charge on any atom is -0.378 e. The molecule has 1 aliphatic rings. The lowest BCUT2D eigenvalue weighted by Gasteiger charge is -2.23. The highest BCUT2D eigenvalue weighted by molar-refractivity contribution is 5.92. The van der Waals surface area contributed by atoms with E-state index in [1.807, 2.05) is 0 Å². The second kappa shape index (κ2) is 6.44. The molecule has 1 amide bonds. The summed E-state index contributed by atoms with van der Waals surface area (Å²) in [5.74, 6) is -0.134. The van der Waals surface area contributed by atoms with E-state index in [1.54, 1.807) is 13.0 Å². The molecule has 0 spiro atoms. The first-order valence-corrected chi connectivity index (χ1v) is 6.42. The van der Waals surface area contributed by atoms with Crippen molar-refractivity contribution in [2.75, 3.05) is 25.1 Å². The van der Waals surface area contributed by atoms with Crippen LogP contribution < -0.4 is 10.6 Å². The number of nitro groups is 1. The molecule has 1 atom stereocenters. The molecular weight excluding hydrogens is 262 g/mol. The number of hydrogen-bond acceptors (Lipinski definition) is 5. The number of nitro benzene ring substituents is 1. The van der Waals surface area contributed by atoms with Crippen molar-refractivity contribution >= 4 is 17.3 Å². The van der Waals surface area contributed by atoms with Crippen LogP contribution in [0.4, 0.5) is 11.4 Å². The van der Waals surface area contributed by atoms with Gasteiger partial charge < -0.3 is 15.4 Å². The number of carbonyl (C=O) groups excluding carboxylic acids is 1. The van der Waals surface area contributed by atoms with Gasteiger partial charge >= 0.3 is 0 Å². The smallest absolute Gasteiger partial charge is 0.269 e. The van der Waals surface area contributed by atoms with E-state index in [0.29, 0.717) is 30.9 Å². The Bertz CT molecular complexity index is 512. The summed E-state index contributed by atoms with van der Waals surface area (Å²) in [6.07, 6.45) is 0.316. The van der Waals surface area contributed by atoms with Gasteiger partial charge in [0.25, 0.3) is 5.69 Å². The maximum atomic E-state index is 11.9. The Morgan fingerprint density at radius 1 is 1.60 bits per heavy atom. The second-order valence-electron chi connectivity index (χ2n) is 4.73. The number of non-ortho nitro benzene ring substituents is 1. The summed E-state index contributed by atoms with van der Waals surface area (Å²) in [7, 11) is 0. The molecule has 1 heterocycles. The predicted molar refractivity (Wildman–Crippen MR) is 73.7 cm³/mol. The van der Waals surface area contributed by atoms with Gasteiger partial charge in [-0.15, -0.1) is 0 Å². The molecule has 1 aromatic rings. The molecule has 0 radical (unpaired) electrons. The highest BCUT2D eigenvalue weighted by Crippen LogP contribution is 2.21. The molecule has 2 N–H and O–H groups in total. The fourth-order valence-electron chi connectivity index (χ4n) is 2.08. The van der Waals surface area contributed by atoms with Gasteiger partial charge in [-0.3, -0.25) is 14.9 Å². The molecule has 1 saturated heterocycles. The van der Waals surface area contributed by atoms with Crippen molar-refractivity contribution in [2.45, 2.75) is 19.4 Å². The number of carbonyl (C=O) groups is 1. The topological polar surface area (TPSA) is 93.5 Å². The zero-order valence-corrected chi connectivity index (χ0v) is 11.2. The van der Waals surface area contributed by atoms with Crippen LogP contribution >= 0.6 is 0 Å². The van der Waals surface area contributed by atoms with Crippen molar-refractivity contribution < 1.29 is 14.5 Å². The second-order valence-corrected chi connectivity index (χ2v) is 4.73. The fourth-order valence-corrected chi connectivity index (χ4v) is 2.08. The molecule has 7 heteroatoms. The van der Waals surface area contributed by atoms with E-state index in [-0.39, 0.29) is 17.6 Å². The number of morpholine rings is 1. The van der Waals surface area contributed by atoms with Crippen LogP contribution in [0, 0.1) is 17.0 Å². The van der Waals surface area contributed by atoms with Gasteiger partial charge in [0.15, 0.2) is 0 Å². The Morgan fingerprint density at radius 3 is 3.00 bits per heavy atom. The van der Waals surface area contributed by atoms with E-state index in [4.69, 9.17) is 4.74 Å². The van der Waals surface area contributed by atoms with Crippen LogP contribution in [-0.4, -0.2) is 36.6 Å². The number of aryl methyl sites for hydroxylation is 1. The minimum absolute atomic E-state index is 0.0158. The van der Waals surface area contributed by atoms with Crippen LogP contribution in [0.1, 0.15) is 12.0 Å². The minimum atomic E-state index is -0.456. The summed E-state index contributed by atoms with van der Waals surface area (Å²) < 4.78 is 5.28. The number of ether oxygens (including phenoxy) is 1. The average molecular weight is 279 g/mol.